The summed E-state index contributed by atoms with van der Waals surface area (Å²) in [5.41, 5.74) is 0.999. The van der Waals surface area contributed by atoms with E-state index >= 15 is 0 Å². The van der Waals surface area contributed by atoms with E-state index in [1.165, 1.54) is 13.0 Å². The lowest BCUT2D eigenvalue weighted by Gasteiger charge is -2.47. The molecule has 2 amide bonds. The molecule has 2 aromatic carbocycles. The van der Waals surface area contributed by atoms with Crippen molar-refractivity contribution in [2.75, 3.05) is 13.2 Å². The van der Waals surface area contributed by atoms with Gasteiger partial charge in [0.15, 0.2) is 11.6 Å². The quantitative estimate of drug-likeness (QED) is 0.126. The van der Waals surface area contributed by atoms with E-state index in [0.717, 1.165) is 32.1 Å². The van der Waals surface area contributed by atoms with Crippen molar-refractivity contribution in [1.82, 2.24) is 10.6 Å². The van der Waals surface area contributed by atoms with E-state index < -0.39 is 18.2 Å². The number of amides is 2. The standard InChI is InChI=1S/C39H50N2O7/c1-26(23-47-36(45)29-14-7-6-8-15-29)48-37(46)41-30-21-38(3,4)24-39(5,22-30)25-40-35(44)32-20-19-28(32)13-9-12-18-34(43)33-17-11-10-16-31(33)27(2)42/h6-8,10-12,14-18,26,28,30,32H,9,13,19-25H2,1-5H3,(H,40,44)(H,41,46)/b18-12+. The first-order valence-corrected chi connectivity index (χ1v) is 17.0. The number of benzene rings is 2. The Balaban J connectivity index is 1.21. The fraction of sp³-hybridized carbons (Fsp3) is 0.513. The average Bonchev–Trinajstić information content (AvgIpc) is 3.01. The average molecular weight is 659 g/mol. The third-order valence-electron chi connectivity index (χ3n) is 9.52. The van der Waals surface area contributed by atoms with Crippen molar-refractivity contribution < 1.29 is 33.4 Å². The zero-order valence-electron chi connectivity index (χ0n) is 28.9. The minimum absolute atomic E-state index is 0.0471. The Kier molecular flexibility index (Phi) is 12.4. The maximum absolute atomic E-state index is 13.2. The molecular weight excluding hydrogens is 608 g/mol. The Morgan fingerprint density at radius 2 is 1.62 bits per heavy atom. The van der Waals surface area contributed by atoms with Crippen LogP contribution in [0.2, 0.25) is 0 Å². The lowest BCUT2D eigenvalue weighted by molar-refractivity contribution is -0.131. The molecule has 2 aliphatic rings. The molecule has 48 heavy (non-hydrogen) atoms. The number of ether oxygens (including phenoxy) is 2. The van der Waals surface area contributed by atoms with E-state index in [-0.39, 0.29) is 52.8 Å². The van der Waals surface area contributed by atoms with Gasteiger partial charge in [-0.25, -0.2) is 9.59 Å². The van der Waals surface area contributed by atoms with Crippen LogP contribution >= 0.6 is 0 Å². The summed E-state index contributed by atoms with van der Waals surface area (Å²) in [5.74, 6) is -0.511. The Labute approximate surface area is 284 Å². The first kappa shape index (κ1) is 36.6. The monoisotopic (exact) mass is 658 g/mol. The molecule has 5 atom stereocenters. The number of allylic oxidation sites excluding steroid dienone is 2. The van der Waals surface area contributed by atoms with Crippen LogP contribution in [0, 0.1) is 22.7 Å². The molecule has 2 N–H and O–H groups in total. The fourth-order valence-corrected chi connectivity index (χ4v) is 7.43. The summed E-state index contributed by atoms with van der Waals surface area (Å²) in [5, 5.41) is 6.23. The molecule has 9 nitrogen and oxygen atoms in total. The van der Waals surface area contributed by atoms with E-state index in [2.05, 4.69) is 31.4 Å². The third kappa shape index (κ3) is 10.4. The van der Waals surface area contributed by atoms with Gasteiger partial charge in [-0.1, -0.05) is 69.3 Å². The summed E-state index contributed by atoms with van der Waals surface area (Å²) < 4.78 is 10.8. The molecule has 0 radical (unpaired) electrons. The molecule has 0 aromatic heterocycles. The maximum atomic E-state index is 13.2. The summed E-state index contributed by atoms with van der Waals surface area (Å²) in [6, 6.07) is 15.4. The largest absolute Gasteiger partial charge is 0.458 e. The highest BCUT2D eigenvalue weighted by atomic mass is 16.6. The molecule has 2 fully saturated rings. The summed E-state index contributed by atoms with van der Waals surface area (Å²) in [7, 11) is 0. The van der Waals surface area contributed by atoms with Crippen molar-refractivity contribution in [1.29, 1.82) is 0 Å². The van der Waals surface area contributed by atoms with Crippen LogP contribution in [-0.4, -0.2) is 54.8 Å². The van der Waals surface area contributed by atoms with Gasteiger partial charge in [0.2, 0.25) is 5.91 Å². The van der Waals surface area contributed by atoms with E-state index in [1.807, 2.05) is 12.1 Å². The van der Waals surface area contributed by atoms with E-state index in [9.17, 15) is 24.0 Å². The third-order valence-corrected chi connectivity index (χ3v) is 9.52. The number of esters is 1. The van der Waals surface area contributed by atoms with Crippen molar-refractivity contribution in [2.45, 2.75) is 91.7 Å². The highest BCUT2D eigenvalue weighted by Gasteiger charge is 2.43. The zero-order valence-corrected chi connectivity index (χ0v) is 28.9. The number of carbonyl (C=O) groups is 5. The summed E-state index contributed by atoms with van der Waals surface area (Å²) in [6.07, 6.45) is 7.92. The Morgan fingerprint density at radius 1 is 0.938 bits per heavy atom. The number of rotatable bonds is 14. The lowest BCUT2D eigenvalue weighted by atomic mass is 9.62. The number of hydrogen-bond acceptors (Lipinski definition) is 7. The molecule has 4 rings (SSSR count). The molecule has 258 valence electrons. The van der Waals surface area contributed by atoms with Gasteiger partial charge in [-0.2, -0.15) is 0 Å². The van der Waals surface area contributed by atoms with Crippen LogP contribution in [0.15, 0.2) is 66.7 Å². The van der Waals surface area contributed by atoms with Gasteiger partial charge in [0.05, 0.1) is 5.56 Å². The van der Waals surface area contributed by atoms with Gasteiger partial charge in [0.1, 0.15) is 12.7 Å². The summed E-state index contributed by atoms with van der Waals surface area (Å²) in [4.78, 5) is 62.7. The summed E-state index contributed by atoms with van der Waals surface area (Å²) >= 11 is 0. The molecule has 0 saturated heterocycles. The van der Waals surface area contributed by atoms with Crippen molar-refractivity contribution in [3.8, 4) is 0 Å². The van der Waals surface area contributed by atoms with Gasteiger partial charge in [0.25, 0.3) is 0 Å². The molecule has 5 unspecified atom stereocenters. The predicted molar refractivity (Wildman–Crippen MR) is 184 cm³/mol. The molecule has 2 aliphatic carbocycles. The number of carbonyl (C=O) groups excluding carboxylic acids is 5. The molecule has 0 bridgehead atoms. The van der Waals surface area contributed by atoms with Gasteiger partial charge in [-0.3, -0.25) is 14.4 Å². The number of hydrogen-bond donors (Lipinski definition) is 2. The van der Waals surface area contributed by atoms with Crippen LogP contribution in [0.5, 0.6) is 0 Å². The van der Waals surface area contributed by atoms with Crippen molar-refractivity contribution in [3.63, 3.8) is 0 Å². The number of alkyl carbamates (subject to hydrolysis) is 1. The van der Waals surface area contributed by atoms with E-state index in [4.69, 9.17) is 9.47 Å². The number of ketones is 2. The van der Waals surface area contributed by atoms with Gasteiger partial charge < -0.3 is 20.1 Å². The predicted octanol–water partition coefficient (Wildman–Crippen LogP) is 7.11. The van der Waals surface area contributed by atoms with Crippen molar-refractivity contribution in [3.05, 3.63) is 83.4 Å². The van der Waals surface area contributed by atoms with Crippen LogP contribution in [0.3, 0.4) is 0 Å². The highest BCUT2D eigenvalue weighted by molar-refractivity contribution is 6.12. The lowest BCUT2D eigenvalue weighted by Crippen LogP contribution is -2.52. The van der Waals surface area contributed by atoms with Crippen LogP contribution in [0.25, 0.3) is 0 Å². The fourth-order valence-electron chi connectivity index (χ4n) is 7.43. The number of nitrogens with one attached hydrogen (secondary N) is 2. The smallest absolute Gasteiger partial charge is 0.407 e. The Hall–Kier alpha value is -4.27. The second-order valence-corrected chi connectivity index (χ2v) is 14.7. The minimum atomic E-state index is -0.616. The first-order valence-electron chi connectivity index (χ1n) is 17.0. The van der Waals surface area contributed by atoms with E-state index in [0.29, 0.717) is 36.1 Å². The second kappa shape index (κ2) is 16.2. The maximum Gasteiger partial charge on any atom is 0.407 e. The molecule has 0 aliphatic heterocycles. The van der Waals surface area contributed by atoms with Gasteiger partial charge in [-0.15, -0.1) is 0 Å². The van der Waals surface area contributed by atoms with Crippen LogP contribution in [0.4, 0.5) is 4.79 Å². The molecular formula is C39H50N2O7. The molecule has 0 spiro atoms. The Morgan fingerprint density at radius 3 is 2.29 bits per heavy atom. The number of Topliss-reactive ketones (excluding diaryl/α,β-unsaturated/α-hetero) is 1. The normalized spacial score (nSPS) is 23.7. The molecule has 2 aromatic rings. The van der Waals surface area contributed by atoms with Gasteiger partial charge in [-0.05, 0) is 93.7 Å². The van der Waals surface area contributed by atoms with Gasteiger partial charge in [0, 0.05) is 29.6 Å². The van der Waals surface area contributed by atoms with Crippen LogP contribution < -0.4 is 10.6 Å². The van der Waals surface area contributed by atoms with Gasteiger partial charge >= 0.3 is 12.1 Å². The van der Waals surface area contributed by atoms with Crippen molar-refractivity contribution >= 4 is 29.5 Å². The molecule has 9 heteroatoms. The topological polar surface area (TPSA) is 128 Å². The van der Waals surface area contributed by atoms with E-state index in [1.54, 1.807) is 55.5 Å². The first-order chi connectivity index (χ1) is 22.7. The Bertz CT molecular complexity index is 1500. The highest BCUT2D eigenvalue weighted by Crippen LogP contribution is 2.46. The molecule has 0 heterocycles. The SMILES string of the molecule is CC(=O)c1ccccc1C(=O)/C=C/CCC1CCC1C(=O)NCC1(C)CC(NC(=O)OC(C)COC(=O)c2ccccc2)CC(C)(C)C1. The summed E-state index contributed by atoms with van der Waals surface area (Å²) in [6.45, 7) is 10.1. The van der Waals surface area contributed by atoms with Crippen molar-refractivity contribution in [2.24, 2.45) is 22.7 Å². The minimum Gasteiger partial charge on any atom is -0.458 e. The van der Waals surface area contributed by atoms with Crippen LogP contribution in [-0.2, 0) is 14.3 Å². The zero-order chi connectivity index (χ0) is 34.9. The van der Waals surface area contributed by atoms with Crippen LogP contribution in [0.1, 0.15) is 111 Å². The second-order valence-electron chi connectivity index (χ2n) is 14.7. The molecule has 2 saturated carbocycles.